The molecule has 6 heteroatoms. The first-order valence-electron chi connectivity index (χ1n) is 5.74. The molecule has 1 fully saturated rings. The molecule has 1 aromatic heterocycles. The van der Waals surface area contributed by atoms with Crippen LogP contribution in [0.2, 0.25) is 0 Å². The van der Waals surface area contributed by atoms with Crippen molar-refractivity contribution in [1.29, 1.82) is 0 Å². The first-order valence-corrected chi connectivity index (χ1v) is 5.74. The Hall–Kier alpha value is -1.69. The Morgan fingerprint density at radius 1 is 1.41 bits per heavy atom. The van der Waals surface area contributed by atoms with Gasteiger partial charge in [0.1, 0.15) is 11.5 Å². The van der Waals surface area contributed by atoms with Gasteiger partial charge in [0.25, 0.3) is 5.91 Å². The third kappa shape index (κ3) is 2.91. The van der Waals surface area contributed by atoms with Gasteiger partial charge in [0, 0.05) is 19.6 Å². The Labute approximate surface area is 100 Å². The third-order valence-electron chi connectivity index (χ3n) is 2.53. The molecule has 0 atom stereocenters. The number of rotatable bonds is 3. The number of hydrogen-bond acceptors (Lipinski definition) is 5. The zero-order chi connectivity index (χ0) is 12.1. The van der Waals surface area contributed by atoms with Crippen molar-refractivity contribution in [2.75, 3.05) is 38.2 Å². The summed E-state index contributed by atoms with van der Waals surface area (Å²) in [5.41, 5.74) is 0.383. The summed E-state index contributed by atoms with van der Waals surface area (Å²) < 4.78 is 5.20. The van der Waals surface area contributed by atoms with Gasteiger partial charge in [-0.15, -0.1) is 0 Å². The summed E-state index contributed by atoms with van der Waals surface area (Å²) in [7, 11) is 0. The van der Waals surface area contributed by atoms with Gasteiger partial charge in [-0.05, 0) is 6.92 Å². The Bertz CT molecular complexity index is 374. The molecule has 1 N–H and O–H groups in total. The van der Waals surface area contributed by atoms with Gasteiger partial charge in [-0.1, -0.05) is 0 Å². The molecule has 0 bridgehead atoms. The van der Waals surface area contributed by atoms with E-state index >= 15 is 0 Å². The SMILES string of the molecule is CCNc1cnc(C(=O)N2CCOCC2)cn1. The second-order valence-electron chi connectivity index (χ2n) is 3.72. The van der Waals surface area contributed by atoms with Crippen LogP contribution in [0.4, 0.5) is 5.82 Å². The topological polar surface area (TPSA) is 67.4 Å². The molecule has 0 spiro atoms. The smallest absolute Gasteiger partial charge is 0.274 e. The number of hydrogen-bond donors (Lipinski definition) is 1. The predicted octanol–water partition coefficient (Wildman–Crippen LogP) is 0.381. The third-order valence-corrected chi connectivity index (χ3v) is 2.53. The zero-order valence-electron chi connectivity index (χ0n) is 9.85. The lowest BCUT2D eigenvalue weighted by Crippen LogP contribution is -2.41. The summed E-state index contributed by atoms with van der Waals surface area (Å²) in [6.07, 6.45) is 3.09. The molecule has 0 unspecified atom stereocenters. The van der Waals surface area contributed by atoms with E-state index in [2.05, 4.69) is 15.3 Å². The summed E-state index contributed by atoms with van der Waals surface area (Å²) >= 11 is 0. The van der Waals surface area contributed by atoms with Crippen LogP contribution >= 0.6 is 0 Å². The van der Waals surface area contributed by atoms with Crippen molar-refractivity contribution in [2.45, 2.75) is 6.92 Å². The lowest BCUT2D eigenvalue weighted by molar-refractivity contribution is 0.0298. The van der Waals surface area contributed by atoms with Crippen LogP contribution in [-0.2, 0) is 4.74 Å². The molecular formula is C11H16N4O2. The molecule has 1 amide bonds. The second-order valence-corrected chi connectivity index (χ2v) is 3.72. The number of ether oxygens (including phenoxy) is 1. The molecule has 6 nitrogen and oxygen atoms in total. The first-order chi connectivity index (χ1) is 8.31. The van der Waals surface area contributed by atoms with E-state index in [-0.39, 0.29) is 5.91 Å². The summed E-state index contributed by atoms with van der Waals surface area (Å²) in [6.45, 7) is 5.19. The summed E-state index contributed by atoms with van der Waals surface area (Å²) in [6, 6.07) is 0. The number of aromatic nitrogens is 2. The van der Waals surface area contributed by atoms with Crippen LogP contribution in [0.15, 0.2) is 12.4 Å². The molecule has 1 saturated heterocycles. The van der Waals surface area contributed by atoms with Crippen molar-refractivity contribution in [1.82, 2.24) is 14.9 Å². The van der Waals surface area contributed by atoms with Gasteiger partial charge in [0.15, 0.2) is 0 Å². The number of nitrogens with zero attached hydrogens (tertiary/aromatic N) is 3. The Morgan fingerprint density at radius 2 is 2.18 bits per heavy atom. The summed E-state index contributed by atoms with van der Waals surface area (Å²) in [4.78, 5) is 22.0. The van der Waals surface area contributed by atoms with Crippen LogP contribution in [-0.4, -0.2) is 53.6 Å². The minimum atomic E-state index is -0.0798. The van der Waals surface area contributed by atoms with Crippen LogP contribution in [0.3, 0.4) is 0 Å². The maximum Gasteiger partial charge on any atom is 0.274 e. The quantitative estimate of drug-likeness (QED) is 0.821. The van der Waals surface area contributed by atoms with Gasteiger partial charge in [-0.2, -0.15) is 0 Å². The first kappa shape index (κ1) is 11.8. The highest BCUT2D eigenvalue weighted by Crippen LogP contribution is 2.06. The van der Waals surface area contributed by atoms with Crippen molar-refractivity contribution in [3.05, 3.63) is 18.1 Å². The van der Waals surface area contributed by atoms with Crippen LogP contribution in [0.25, 0.3) is 0 Å². The van der Waals surface area contributed by atoms with E-state index < -0.39 is 0 Å². The molecule has 0 aromatic carbocycles. The van der Waals surface area contributed by atoms with E-state index in [4.69, 9.17) is 4.74 Å². The van der Waals surface area contributed by atoms with Gasteiger partial charge in [0.05, 0.1) is 25.6 Å². The van der Waals surface area contributed by atoms with E-state index in [1.165, 1.54) is 6.20 Å². The average molecular weight is 236 g/mol. The standard InChI is InChI=1S/C11H16N4O2/c1-2-12-10-8-13-9(7-14-10)11(16)15-3-5-17-6-4-15/h7-8H,2-6H2,1H3,(H,12,14). The van der Waals surface area contributed by atoms with E-state index in [0.717, 1.165) is 6.54 Å². The highest BCUT2D eigenvalue weighted by Gasteiger charge is 2.19. The highest BCUT2D eigenvalue weighted by atomic mass is 16.5. The molecule has 1 aromatic rings. The number of anilines is 1. The lowest BCUT2D eigenvalue weighted by Gasteiger charge is -2.26. The van der Waals surface area contributed by atoms with Gasteiger partial charge >= 0.3 is 0 Å². The number of amides is 1. The van der Waals surface area contributed by atoms with E-state index in [9.17, 15) is 4.79 Å². The van der Waals surface area contributed by atoms with Gasteiger partial charge < -0.3 is 15.0 Å². The molecule has 0 saturated carbocycles. The van der Waals surface area contributed by atoms with Gasteiger partial charge in [-0.3, -0.25) is 4.79 Å². The molecule has 2 heterocycles. The lowest BCUT2D eigenvalue weighted by atomic mass is 10.3. The second kappa shape index (κ2) is 5.58. The van der Waals surface area contributed by atoms with Gasteiger partial charge in [0.2, 0.25) is 0 Å². The Balaban J connectivity index is 2.03. The number of carbonyl (C=O) groups is 1. The van der Waals surface area contributed by atoms with E-state index in [1.54, 1.807) is 11.1 Å². The monoisotopic (exact) mass is 236 g/mol. The minimum absolute atomic E-state index is 0.0798. The van der Waals surface area contributed by atoms with Crippen LogP contribution in [0, 0.1) is 0 Å². The van der Waals surface area contributed by atoms with Crippen molar-refractivity contribution >= 4 is 11.7 Å². The fourth-order valence-electron chi connectivity index (χ4n) is 1.64. The van der Waals surface area contributed by atoms with Crippen LogP contribution in [0.5, 0.6) is 0 Å². The Morgan fingerprint density at radius 3 is 2.76 bits per heavy atom. The van der Waals surface area contributed by atoms with Crippen molar-refractivity contribution in [3.8, 4) is 0 Å². The van der Waals surface area contributed by atoms with Crippen LogP contribution in [0.1, 0.15) is 17.4 Å². The zero-order valence-corrected chi connectivity index (χ0v) is 9.85. The normalized spacial score (nSPS) is 15.7. The average Bonchev–Trinajstić information content (AvgIpc) is 2.40. The fourth-order valence-corrected chi connectivity index (χ4v) is 1.64. The predicted molar refractivity (Wildman–Crippen MR) is 62.9 cm³/mol. The van der Waals surface area contributed by atoms with E-state index in [1.807, 2.05) is 6.92 Å². The Kier molecular flexibility index (Phi) is 3.87. The molecule has 1 aliphatic rings. The molecule has 92 valence electrons. The maximum atomic E-state index is 12.0. The molecule has 0 radical (unpaired) electrons. The summed E-state index contributed by atoms with van der Waals surface area (Å²) in [5.74, 6) is 0.606. The van der Waals surface area contributed by atoms with Crippen molar-refractivity contribution in [2.24, 2.45) is 0 Å². The van der Waals surface area contributed by atoms with Crippen molar-refractivity contribution < 1.29 is 9.53 Å². The van der Waals surface area contributed by atoms with Crippen LogP contribution < -0.4 is 5.32 Å². The summed E-state index contributed by atoms with van der Waals surface area (Å²) in [5, 5.41) is 3.03. The van der Waals surface area contributed by atoms with Crippen molar-refractivity contribution in [3.63, 3.8) is 0 Å². The number of carbonyl (C=O) groups excluding carboxylic acids is 1. The maximum absolute atomic E-state index is 12.0. The fraction of sp³-hybridized carbons (Fsp3) is 0.545. The highest BCUT2D eigenvalue weighted by molar-refractivity contribution is 5.92. The molecule has 1 aliphatic heterocycles. The number of morpholine rings is 1. The molecule has 17 heavy (non-hydrogen) atoms. The van der Waals surface area contributed by atoms with Gasteiger partial charge in [-0.25, -0.2) is 9.97 Å². The largest absolute Gasteiger partial charge is 0.378 e. The minimum Gasteiger partial charge on any atom is -0.378 e. The molecular weight excluding hydrogens is 220 g/mol. The molecule has 2 rings (SSSR count). The number of nitrogens with one attached hydrogen (secondary N) is 1. The van der Waals surface area contributed by atoms with E-state index in [0.29, 0.717) is 37.8 Å². The molecule has 0 aliphatic carbocycles.